The Balaban J connectivity index is 1.86. The van der Waals surface area contributed by atoms with Crippen LogP contribution in [0, 0.1) is 6.92 Å². The minimum atomic E-state index is 0.502. The second-order valence-corrected chi connectivity index (χ2v) is 6.61. The van der Waals surface area contributed by atoms with Gasteiger partial charge >= 0.3 is 0 Å². The van der Waals surface area contributed by atoms with Crippen LogP contribution in [0.2, 0.25) is 10.0 Å². The normalized spacial score (nSPS) is 15.3. The van der Waals surface area contributed by atoms with Crippen molar-refractivity contribution in [2.75, 3.05) is 23.3 Å². The molecule has 6 heteroatoms. The van der Waals surface area contributed by atoms with Gasteiger partial charge in [-0.05, 0) is 31.9 Å². The lowest BCUT2D eigenvalue weighted by molar-refractivity contribution is 0.726. The lowest BCUT2D eigenvalue weighted by atomic mass is 10.2. The molecule has 0 atom stereocenters. The van der Waals surface area contributed by atoms with Crippen LogP contribution < -0.4 is 10.2 Å². The molecule has 1 aromatic carbocycles. The van der Waals surface area contributed by atoms with Crippen molar-refractivity contribution < 1.29 is 0 Å². The van der Waals surface area contributed by atoms with Gasteiger partial charge in [-0.2, -0.15) is 4.98 Å². The molecular formula is C17H20Cl2N4. The smallest absolute Gasteiger partial charge is 0.227 e. The van der Waals surface area contributed by atoms with Crippen molar-refractivity contribution in [2.24, 2.45) is 0 Å². The minimum Gasteiger partial charge on any atom is -0.341 e. The highest BCUT2D eigenvalue weighted by Crippen LogP contribution is 2.31. The van der Waals surface area contributed by atoms with Crippen molar-refractivity contribution in [3.63, 3.8) is 0 Å². The van der Waals surface area contributed by atoms with E-state index in [1.54, 1.807) is 6.07 Å². The largest absolute Gasteiger partial charge is 0.341 e. The molecule has 3 rings (SSSR count). The van der Waals surface area contributed by atoms with Crippen LogP contribution >= 0.6 is 23.2 Å². The fourth-order valence-electron chi connectivity index (χ4n) is 2.77. The molecule has 0 radical (unpaired) electrons. The second kappa shape index (κ2) is 7.37. The molecule has 2 heterocycles. The Morgan fingerprint density at radius 3 is 2.52 bits per heavy atom. The lowest BCUT2D eigenvalue weighted by Crippen LogP contribution is -2.26. The number of halogens is 2. The summed E-state index contributed by atoms with van der Waals surface area (Å²) in [6.07, 6.45) is 4.96. The van der Waals surface area contributed by atoms with Gasteiger partial charge in [-0.25, -0.2) is 4.98 Å². The number of aryl methyl sites for hydroxylation is 1. The Bertz CT molecular complexity index is 682. The van der Waals surface area contributed by atoms with E-state index in [4.69, 9.17) is 23.2 Å². The Kier molecular flexibility index (Phi) is 5.23. The van der Waals surface area contributed by atoms with Crippen molar-refractivity contribution in [2.45, 2.75) is 32.6 Å². The van der Waals surface area contributed by atoms with E-state index < -0.39 is 0 Å². The fraction of sp³-hybridized carbons (Fsp3) is 0.412. The molecule has 23 heavy (non-hydrogen) atoms. The summed E-state index contributed by atoms with van der Waals surface area (Å²) in [5.74, 6) is 1.52. The third kappa shape index (κ3) is 4.06. The van der Waals surface area contributed by atoms with E-state index in [1.807, 2.05) is 25.1 Å². The molecule has 0 unspecified atom stereocenters. The summed E-state index contributed by atoms with van der Waals surface area (Å²) in [5, 5.41) is 4.28. The summed E-state index contributed by atoms with van der Waals surface area (Å²) in [5.41, 5.74) is 1.68. The van der Waals surface area contributed by atoms with E-state index in [9.17, 15) is 0 Å². The van der Waals surface area contributed by atoms with Gasteiger partial charge in [0.05, 0.1) is 15.7 Å². The molecule has 122 valence electrons. The van der Waals surface area contributed by atoms with Crippen LogP contribution in [0.25, 0.3) is 0 Å². The molecular weight excluding hydrogens is 331 g/mol. The van der Waals surface area contributed by atoms with Crippen LogP contribution in [0.5, 0.6) is 0 Å². The van der Waals surface area contributed by atoms with Crippen molar-refractivity contribution in [1.29, 1.82) is 0 Å². The van der Waals surface area contributed by atoms with Gasteiger partial charge in [0.2, 0.25) is 5.95 Å². The molecule has 1 saturated heterocycles. The molecule has 1 aliphatic rings. The molecule has 1 fully saturated rings. The number of nitrogens with one attached hydrogen (secondary N) is 1. The molecule has 0 aliphatic carbocycles. The molecule has 0 amide bonds. The van der Waals surface area contributed by atoms with E-state index in [-0.39, 0.29) is 0 Å². The quantitative estimate of drug-likeness (QED) is 0.824. The van der Waals surface area contributed by atoms with Gasteiger partial charge in [0, 0.05) is 24.8 Å². The molecule has 1 aliphatic heterocycles. The van der Waals surface area contributed by atoms with Gasteiger partial charge in [0.1, 0.15) is 5.82 Å². The van der Waals surface area contributed by atoms with Gasteiger partial charge in [-0.3, -0.25) is 0 Å². The van der Waals surface area contributed by atoms with Crippen molar-refractivity contribution in [3.8, 4) is 0 Å². The van der Waals surface area contributed by atoms with Crippen LogP contribution in [-0.2, 0) is 0 Å². The van der Waals surface area contributed by atoms with Gasteiger partial charge in [-0.15, -0.1) is 0 Å². The molecule has 1 N–H and O–H groups in total. The highest BCUT2D eigenvalue weighted by molar-refractivity contribution is 6.43. The van der Waals surface area contributed by atoms with Crippen molar-refractivity contribution in [1.82, 2.24) is 9.97 Å². The summed E-state index contributed by atoms with van der Waals surface area (Å²) in [7, 11) is 0. The monoisotopic (exact) mass is 350 g/mol. The standard InChI is InChI=1S/C17H20Cl2N4/c1-12-11-15(21-14-8-6-7-13(18)16(14)19)22-17(20-12)23-9-4-2-3-5-10-23/h6-8,11H,2-5,9-10H2,1H3,(H,20,21,22). The average molecular weight is 351 g/mol. The predicted molar refractivity (Wildman–Crippen MR) is 97.2 cm³/mol. The molecule has 0 spiro atoms. The molecule has 2 aromatic rings. The van der Waals surface area contributed by atoms with Crippen LogP contribution in [0.1, 0.15) is 31.4 Å². The molecule has 4 nitrogen and oxygen atoms in total. The Hall–Kier alpha value is -1.52. The Morgan fingerprint density at radius 2 is 1.78 bits per heavy atom. The summed E-state index contributed by atoms with van der Waals surface area (Å²) in [4.78, 5) is 11.5. The maximum absolute atomic E-state index is 6.24. The maximum Gasteiger partial charge on any atom is 0.227 e. The Labute approximate surface area is 146 Å². The van der Waals surface area contributed by atoms with Gasteiger partial charge < -0.3 is 10.2 Å². The number of nitrogens with zero attached hydrogens (tertiary/aromatic N) is 3. The summed E-state index contributed by atoms with van der Waals surface area (Å²) >= 11 is 12.3. The SMILES string of the molecule is Cc1cc(Nc2cccc(Cl)c2Cl)nc(N2CCCCCC2)n1. The first-order valence-corrected chi connectivity index (χ1v) is 8.71. The van der Waals surface area contributed by atoms with Crippen LogP contribution in [-0.4, -0.2) is 23.1 Å². The van der Waals surface area contributed by atoms with Crippen LogP contribution in [0.15, 0.2) is 24.3 Å². The highest BCUT2D eigenvalue weighted by Gasteiger charge is 2.14. The van der Waals surface area contributed by atoms with E-state index in [0.29, 0.717) is 10.0 Å². The number of rotatable bonds is 3. The number of benzene rings is 1. The summed E-state index contributed by atoms with van der Waals surface area (Å²) < 4.78 is 0. The topological polar surface area (TPSA) is 41.1 Å². The van der Waals surface area contributed by atoms with Gasteiger partial charge in [-0.1, -0.05) is 42.1 Å². The highest BCUT2D eigenvalue weighted by atomic mass is 35.5. The first-order chi connectivity index (χ1) is 11.1. The summed E-state index contributed by atoms with van der Waals surface area (Å²) in [6.45, 7) is 4.01. The zero-order valence-corrected chi connectivity index (χ0v) is 14.7. The van der Waals surface area contributed by atoms with E-state index in [2.05, 4.69) is 20.2 Å². The second-order valence-electron chi connectivity index (χ2n) is 5.82. The first-order valence-electron chi connectivity index (χ1n) is 7.95. The number of hydrogen-bond acceptors (Lipinski definition) is 4. The fourth-order valence-corrected chi connectivity index (χ4v) is 3.12. The van der Waals surface area contributed by atoms with Gasteiger partial charge in [0.25, 0.3) is 0 Å². The molecule has 1 aromatic heterocycles. The number of aromatic nitrogens is 2. The zero-order valence-electron chi connectivity index (χ0n) is 13.1. The lowest BCUT2D eigenvalue weighted by Gasteiger charge is -2.21. The van der Waals surface area contributed by atoms with Crippen LogP contribution in [0.3, 0.4) is 0 Å². The third-order valence-corrected chi connectivity index (χ3v) is 4.76. The van der Waals surface area contributed by atoms with Gasteiger partial charge in [0.15, 0.2) is 0 Å². The van der Waals surface area contributed by atoms with E-state index >= 15 is 0 Å². The minimum absolute atomic E-state index is 0.502. The zero-order chi connectivity index (χ0) is 16.2. The predicted octanol–water partition coefficient (Wildman–Crippen LogP) is 5.22. The van der Waals surface area contributed by atoms with E-state index in [1.165, 1.54) is 25.7 Å². The summed E-state index contributed by atoms with van der Waals surface area (Å²) in [6, 6.07) is 7.43. The first kappa shape index (κ1) is 16.3. The average Bonchev–Trinajstić information content (AvgIpc) is 2.80. The van der Waals surface area contributed by atoms with Crippen molar-refractivity contribution >= 4 is 40.7 Å². The number of hydrogen-bond donors (Lipinski definition) is 1. The van der Waals surface area contributed by atoms with Crippen LogP contribution in [0.4, 0.5) is 17.5 Å². The number of anilines is 3. The maximum atomic E-state index is 6.24. The Morgan fingerprint density at radius 1 is 1.04 bits per heavy atom. The van der Waals surface area contributed by atoms with E-state index in [0.717, 1.165) is 36.2 Å². The molecule has 0 bridgehead atoms. The van der Waals surface area contributed by atoms with Crippen molar-refractivity contribution in [3.05, 3.63) is 40.0 Å². The molecule has 0 saturated carbocycles. The third-order valence-electron chi connectivity index (χ3n) is 3.95.